The summed E-state index contributed by atoms with van der Waals surface area (Å²) < 4.78 is 4.99. The quantitative estimate of drug-likeness (QED) is 0.843. The lowest BCUT2D eigenvalue weighted by Crippen LogP contribution is -2.53. The van der Waals surface area contributed by atoms with Crippen molar-refractivity contribution < 1.29 is 23.9 Å². The SMILES string of the molecule is CCNC(=O)N1CCN(C(=O)c2ccc(C(=O)O)o2)CC1. The van der Waals surface area contributed by atoms with E-state index in [0.717, 1.165) is 0 Å². The molecule has 8 heteroatoms. The van der Waals surface area contributed by atoms with Crippen LogP contribution in [0.1, 0.15) is 28.0 Å². The number of nitrogens with one attached hydrogen (secondary N) is 1. The number of carboxylic acid groups (broad SMARTS) is 1. The number of carboxylic acids is 1. The van der Waals surface area contributed by atoms with Crippen molar-refractivity contribution in [1.82, 2.24) is 15.1 Å². The van der Waals surface area contributed by atoms with Crippen molar-refractivity contribution in [3.8, 4) is 0 Å². The van der Waals surface area contributed by atoms with Gasteiger partial charge in [0, 0.05) is 32.7 Å². The minimum absolute atomic E-state index is 0.00106. The summed E-state index contributed by atoms with van der Waals surface area (Å²) >= 11 is 0. The highest BCUT2D eigenvalue weighted by molar-refractivity contribution is 5.93. The first-order valence-electron chi connectivity index (χ1n) is 6.68. The van der Waals surface area contributed by atoms with E-state index in [-0.39, 0.29) is 23.5 Å². The highest BCUT2D eigenvalue weighted by Gasteiger charge is 2.26. The van der Waals surface area contributed by atoms with E-state index in [2.05, 4.69) is 5.32 Å². The Morgan fingerprint density at radius 2 is 1.71 bits per heavy atom. The van der Waals surface area contributed by atoms with Gasteiger partial charge in [0.2, 0.25) is 5.76 Å². The predicted octanol–water partition coefficient (Wildman–Crippen LogP) is 0.465. The van der Waals surface area contributed by atoms with Crippen LogP contribution in [0.3, 0.4) is 0 Å². The van der Waals surface area contributed by atoms with Crippen LogP contribution in [0.15, 0.2) is 16.5 Å². The van der Waals surface area contributed by atoms with Crippen molar-refractivity contribution in [3.05, 3.63) is 23.7 Å². The predicted molar refractivity (Wildman–Crippen MR) is 72.2 cm³/mol. The van der Waals surface area contributed by atoms with Crippen molar-refractivity contribution in [2.45, 2.75) is 6.92 Å². The van der Waals surface area contributed by atoms with Crippen LogP contribution in [0.5, 0.6) is 0 Å². The molecule has 8 nitrogen and oxygen atoms in total. The molecule has 2 N–H and O–H groups in total. The molecule has 1 aromatic heterocycles. The Morgan fingerprint density at radius 3 is 2.24 bits per heavy atom. The van der Waals surface area contributed by atoms with Crippen molar-refractivity contribution in [1.29, 1.82) is 0 Å². The van der Waals surface area contributed by atoms with Crippen molar-refractivity contribution in [2.24, 2.45) is 0 Å². The number of hydrogen-bond donors (Lipinski definition) is 2. The van der Waals surface area contributed by atoms with Crippen molar-refractivity contribution in [3.63, 3.8) is 0 Å². The lowest BCUT2D eigenvalue weighted by molar-refractivity contribution is 0.0613. The van der Waals surface area contributed by atoms with Gasteiger partial charge in [-0.05, 0) is 19.1 Å². The number of amides is 3. The maximum Gasteiger partial charge on any atom is 0.371 e. The normalized spacial score (nSPS) is 14.9. The number of urea groups is 1. The number of rotatable bonds is 3. The van der Waals surface area contributed by atoms with E-state index < -0.39 is 5.97 Å². The van der Waals surface area contributed by atoms with Crippen LogP contribution in [0.25, 0.3) is 0 Å². The number of carbonyl (C=O) groups is 3. The first-order chi connectivity index (χ1) is 10.0. The standard InChI is InChI=1S/C13H17N3O5/c1-2-14-13(20)16-7-5-15(6-8-16)11(17)9-3-4-10(21-9)12(18)19/h3-4H,2,5-8H2,1H3,(H,14,20)(H,18,19). The molecule has 1 fully saturated rings. The Morgan fingerprint density at radius 1 is 1.14 bits per heavy atom. The van der Waals surface area contributed by atoms with Gasteiger partial charge in [0.1, 0.15) is 0 Å². The summed E-state index contributed by atoms with van der Waals surface area (Å²) in [6, 6.07) is 2.46. The van der Waals surface area contributed by atoms with Crippen LogP contribution >= 0.6 is 0 Å². The number of piperazine rings is 1. The molecule has 1 aliphatic rings. The molecule has 1 aromatic rings. The molecule has 0 aliphatic carbocycles. The van der Waals surface area contributed by atoms with Crippen LogP contribution in [0.2, 0.25) is 0 Å². The highest BCUT2D eigenvalue weighted by Crippen LogP contribution is 2.13. The first-order valence-corrected chi connectivity index (χ1v) is 6.68. The van der Waals surface area contributed by atoms with E-state index in [1.807, 2.05) is 6.92 Å². The first kappa shape index (κ1) is 14.9. The molecule has 0 spiro atoms. The second-order valence-electron chi connectivity index (χ2n) is 4.58. The Bertz CT molecular complexity index is 546. The van der Waals surface area contributed by atoms with Crippen LogP contribution in [-0.4, -0.2) is 65.5 Å². The Kier molecular flexibility index (Phi) is 4.46. The van der Waals surface area contributed by atoms with E-state index in [4.69, 9.17) is 9.52 Å². The summed E-state index contributed by atoms with van der Waals surface area (Å²) in [5.74, 6) is -1.84. The molecular formula is C13H17N3O5. The van der Waals surface area contributed by atoms with Crippen LogP contribution < -0.4 is 5.32 Å². The van der Waals surface area contributed by atoms with Crippen LogP contribution in [0, 0.1) is 0 Å². The molecule has 0 unspecified atom stereocenters. The van der Waals surface area contributed by atoms with E-state index in [1.165, 1.54) is 12.1 Å². The molecule has 114 valence electrons. The van der Waals surface area contributed by atoms with Gasteiger partial charge in [0.25, 0.3) is 5.91 Å². The Labute approximate surface area is 121 Å². The van der Waals surface area contributed by atoms with Gasteiger partial charge >= 0.3 is 12.0 Å². The van der Waals surface area contributed by atoms with Crippen molar-refractivity contribution in [2.75, 3.05) is 32.7 Å². The molecule has 1 saturated heterocycles. The zero-order chi connectivity index (χ0) is 15.4. The van der Waals surface area contributed by atoms with Crippen LogP contribution in [0.4, 0.5) is 4.79 Å². The molecule has 1 aliphatic heterocycles. The maximum atomic E-state index is 12.2. The molecule has 0 saturated carbocycles. The maximum absolute atomic E-state index is 12.2. The lowest BCUT2D eigenvalue weighted by atomic mass is 10.3. The minimum Gasteiger partial charge on any atom is -0.475 e. The fraction of sp³-hybridized carbons (Fsp3) is 0.462. The van der Waals surface area contributed by atoms with Gasteiger partial charge in [-0.3, -0.25) is 4.79 Å². The van der Waals surface area contributed by atoms with Gasteiger partial charge < -0.3 is 24.6 Å². The second-order valence-corrected chi connectivity index (χ2v) is 4.58. The topological polar surface area (TPSA) is 103 Å². The van der Waals surface area contributed by atoms with E-state index in [0.29, 0.717) is 32.7 Å². The third-order valence-corrected chi connectivity index (χ3v) is 3.21. The number of hydrogen-bond acceptors (Lipinski definition) is 4. The summed E-state index contributed by atoms with van der Waals surface area (Å²) in [6.45, 7) is 4.04. The molecule has 0 aromatic carbocycles. The number of nitrogens with zero attached hydrogens (tertiary/aromatic N) is 2. The van der Waals surface area contributed by atoms with Gasteiger partial charge in [-0.25, -0.2) is 9.59 Å². The van der Waals surface area contributed by atoms with Crippen molar-refractivity contribution >= 4 is 17.9 Å². The number of aromatic carboxylic acids is 1. The van der Waals surface area contributed by atoms with E-state index in [9.17, 15) is 14.4 Å². The molecular weight excluding hydrogens is 278 g/mol. The van der Waals surface area contributed by atoms with E-state index >= 15 is 0 Å². The van der Waals surface area contributed by atoms with Gasteiger partial charge in [0.05, 0.1) is 0 Å². The fourth-order valence-corrected chi connectivity index (χ4v) is 2.10. The summed E-state index contributed by atoms with van der Waals surface area (Å²) in [5, 5.41) is 11.5. The third kappa shape index (κ3) is 3.33. The summed E-state index contributed by atoms with van der Waals surface area (Å²) in [7, 11) is 0. The molecule has 0 radical (unpaired) electrons. The number of furan rings is 1. The van der Waals surface area contributed by atoms with Gasteiger partial charge in [-0.1, -0.05) is 0 Å². The molecule has 2 heterocycles. The Hall–Kier alpha value is -2.51. The monoisotopic (exact) mass is 295 g/mol. The highest BCUT2D eigenvalue weighted by atomic mass is 16.4. The fourth-order valence-electron chi connectivity index (χ4n) is 2.10. The lowest BCUT2D eigenvalue weighted by Gasteiger charge is -2.34. The summed E-state index contributed by atoms with van der Waals surface area (Å²) in [4.78, 5) is 37.7. The Balaban J connectivity index is 1.93. The smallest absolute Gasteiger partial charge is 0.371 e. The molecule has 2 rings (SSSR count). The molecule has 3 amide bonds. The molecule has 0 atom stereocenters. The average molecular weight is 295 g/mol. The number of carbonyl (C=O) groups excluding carboxylic acids is 2. The molecule has 21 heavy (non-hydrogen) atoms. The molecule has 0 bridgehead atoms. The average Bonchev–Trinajstić information content (AvgIpc) is 2.97. The van der Waals surface area contributed by atoms with E-state index in [1.54, 1.807) is 9.80 Å². The third-order valence-electron chi connectivity index (χ3n) is 3.21. The van der Waals surface area contributed by atoms with Gasteiger partial charge in [0.15, 0.2) is 5.76 Å². The summed E-state index contributed by atoms with van der Waals surface area (Å²) in [6.07, 6.45) is 0. The largest absolute Gasteiger partial charge is 0.475 e. The minimum atomic E-state index is -1.21. The second kappa shape index (κ2) is 6.29. The summed E-state index contributed by atoms with van der Waals surface area (Å²) in [5.41, 5.74) is 0. The van der Waals surface area contributed by atoms with Crippen LogP contribution in [-0.2, 0) is 0 Å². The zero-order valence-electron chi connectivity index (χ0n) is 11.7. The zero-order valence-corrected chi connectivity index (χ0v) is 11.7. The van der Waals surface area contributed by atoms with Gasteiger partial charge in [-0.2, -0.15) is 0 Å². The van der Waals surface area contributed by atoms with Gasteiger partial charge in [-0.15, -0.1) is 0 Å².